The summed E-state index contributed by atoms with van der Waals surface area (Å²) in [4.78, 5) is 24.2. The van der Waals surface area contributed by atoms with Crippen LogP contribution >= 0.6 is 0 Å². The van der Waals surface area contributed by atoms with E-state index in [1.54, 1.807) is 0 Å². The molecule has 288 valence electrons. The molecule has 3 aromatic rings. The average molecular weight is 803 g/mol. The Morgan fingerprint density at radius 3 is 2.09 bits per heavy atom. The molecule has 22 heteroatoms. The van der Waals surface area contributed by atoms with Crippen molar-refractivity contribution in [3.05, 3.63) is 101 Å². The van der Waals surface area contributed by atoms with Crippen LogP contribution in [0, 0.1) is 0 Å². The van der Waals surface area contributed by atoms with Crippen molar-refractivity contribution in [1.82, 2.24) is 14.8 Å². The SMILES string of the molecule is O=C(O)C(F)(F)F.O=C1CC(c2ccc(CC(NS(=O)(=O)c3cccc(C(F)(F)F)c3)C3=NC[C@@H](Cc4ccccc4C(F)(F)F)N3)cc2)S(=O)(=O)N1. The number of benzene rings is 3. The highest BCUT2D eigenvalue weighted by atomic mass is 32.2. The van der Waals surface area contributed by atoms with Crippen LogP contribution in [0.5, 0.6) is 0 Å². The average Bonchev–Trinajstić information content (AvgIpc) is 3.62. The standard InChI is InChI=1S/C29H26F6N4O5S2.C2HF3O2/c30-28(31,32)20-5-3-6-22(14-20)45(41,42)38-24(12-17-8-10-18(11-9-17)25-15-26(40)39-46(25,43)44)27-36-16-21(37-27)13-19-4-1-2-7-23(19)29(33,34)35;3-2(4,5)1(6)7/h1-11,14,21,24-25,38H,12-13,15-16H2,(H,36,37)(H,39,40);(H,6,7)/t21-,24?,25?;/m1./s1. The fourth-order valence-corrected chi connectivity index (χ4v) is 7.99. The molecule has 0 saturated carbocycles. The van der Waals surface area contributed by atoms with Gasteiger partial charge in [-0.2, -0.15) is 39.5 Å². The second kappa shape index (κ2) is 15.3. The van der Waals surface area contributed by atoms with E-state index >= 15 is 0 Å². The maximum Gasteiger partial charge on any atom is 0.490 e. The van der Waals surface area contributed by atoms with E-state index in [1.165, 1.54) is 42.5 Å². The number of carboxylic acid groups (broad SMARTS) is 1. The monoisotopic (exact) mass is 802 g/mol. The number of hydrogen-bond donors (Lipinski definition) is 4. The number of rotatable bonds is 9. The van der Waals surface area contributed by atoms with Crippen molar-refractivity contribution in [2.45, 2.75) is 60.0 Å². The van der Waals surface area contributed by atoms with Crippen molar-refractivity contribution >= 4 is 37.8 Å². The zero-order valence-corrected chi connectivity index (χ0v) is 28.2. The van der Waals surface area contributed by atoms with Crippen LogP contribution in [0.2, 0.25) is 0 Å². The van der Waals surface area contributed by atoms with E-state index in [0.29, 0.717) is 17.2 Å². The molecule has 11 nitrogen and oxygen atoms in total. The molecule has 0 aliphatic carbocycles. The van der Waals surface area contributed by atoms with Crippen molar-refractivity contribution in [3.63, 3.8) is 0 Å². The van der Waals surface area contributed by atoms with Gasteiger partial charge in [-0.1, -0.05) is 48.5 Å². The summed E-state index contributed by atoms with van der Waals surface area (Å²) in [6.07, 6.45) is -15.0. The van der Waals surface area contributed by atoms with Gasteiger partial charge in [0.05, 0.1) is 41.1 Å². The number of amidine groups is 1. The predicted molar refractivity (Wildman–Crippen MR) is 168 cm³/mol. The number of aliphatic carboxylic acids is 1. The van der Waals surface area contributed by atoms with Crippen molar-refractivity contribution in [1.29, 1.82) is 0 Å². The lowest BCUT2D eigenvalue weighted by Crippen LogP contribution is -2.48. The smallest absolute Gasteiger partial charge is 0.475 e. The Hall–Kier alpha value is -4.70. The summed E-state index contributed by atoms with van der Waals surface area (Å²) in [5, 5.41) is 8.98. The van der Waals surface area contributed by atoms with Crippen LogP contribution in [0.4, 0.5) is 39.5 Å². The molecule has 2 unspecified atom stereocenters. The molecule has 0 bridgehead atoms. The van der Waals surface area contributed by atoms with Crippen LogP contribution in [0.15, 0.2) is 82.7 Å². The van der Waals surface area contributed by atoms with Gasteiger partial charge < -0.3 is 10.4 Å². The maximum absolute atomic E-state index is 13.6. The minimum atomic E-state index is -5.08. The van der Waals surface area contributed by atoms with Gasteiger partial charge in [0.15, 0.2) is 0 Å². The highest BCUT2D eigenvalue weighted by Crippen LogP contribution is 2.34. The summed E-state index contributed by atoms with van der Waals surface area (Å²) in [6.45, 7) is -0.0111. The highest BCUT2D eigenvalue weighted by Gasteiger charge is 2.39. The molecule has 1 saturated heterocycles. The number of aliphatic imine (C=N–C) groups is 1. The highest BCUT2D eigenvalue weighted by molar-refractivity contribution is 7.90. The van der Waals surface area contributed by atoms with Crippen LogP contribution in [-0.2, 0) is 54.8 Å². The molecule has 1 amide bonds. The van der Waals surface area contributed by atoms with Crippen LogP contribution in [0.3, 0.4) is 0 Å². The number of halogens is 9. The first-order valence-electron chi connectivity index (χ1n) is 15.0. The molecule has 0 radical (unpaired) electrons. The quantitative estimate of drug-likeness (QED) is 0.225. The topological polar surface area (TPSA) is 171 Å². The first kappa shape index (κ1) is 41.1. The summed E-state index contributed by atoms with van der Waals surface area (Å²) in [5.41, 5.74) is -1.24. The molecule has 2 heterocycles. The van der Waals surface area contributed by atoms with Gasteiger partial charge in [0.1, 0.15) is 11.1 Å². The fraction of sp³-hybridized carbons (Fsp3) is 0.323. The molecule has 0 spiro atoms. The number of carbonyl (C=O) groups is 2. The van der Waals surface area contributed by atoms with Crippen molar-refractivity contribution in [2.75, 3.05) is 6.54 Å². The molecule has 4 N–H and O–H groups in total. The predicted octanol–water partition coefficient (Wildman–Crippen LogP) is 4.75. The molecular formula is C31H27F9N4O7S2. The van der Waals surface area contributed by atoms with E-state index in [-0.39, 0.29) is 37.2 Å². The number of nitrogens with zero attached hydrogens (tertiary/aromatic N) is 1. The summed E-state index contributed by atoms with van der Waals surface area (Å²) in [7, 11) is -8.51. The zero-order chi connectivity index (χ0) is 39.6. The van der Waals surface area contributed by atoms with E-state index in [2.05, 4.69) is 15.0 Å². The lowest BCUT2D eigenvalue weighted by atomic mass is 9.99. The Bertz CT molecular complexity index is 2090. The first-order valence-corrected chi connectivity index (χ1v) is 18.0. The maximum atomic E-state index is 13.6. The van der Waals surface area contributed by atoms with E-state index in [0.717, 1.165) is 24.3 Å². The van der Waals surface area contributed by atoms with Gasteiger partial charge in [-0.3, -0.25) is 14.5 Å². The normalized spacial score (nSPS) is 19.3. The van der Waals surface area contributed by atoms with E-state index < -0.39 is 83.8 Å². The number of hydrogen-bond acceptors (Lipinski definition) is 8. The molecule has 3 atom stereocenters. The Morgan fingerprint density at radius 2 is 1.55 bits per heavy atom. The minimum Gasteiger partial charge on any atom is -0.475 e. The van der Waals surface area contributed by atoms with Crippen LogP contribution in [0.1, 0.15) is 39.5 Å². The zero-order valence-electron chi connectivity index (χ0n) is 26.6. The Morgan fingerprint density at radius 1 is 0.925 bits per heavy atom. The van der Waals surface area contributed by atoms with Gasteiger partial charge in [-0.25, -0.2) is 26.4 Å². The van der Waals surface area contributed by atoms with Crippen molar-refractivity contribution in [2.24, 2.45) is 4.99 Å². The number of nitrogens with one attached hydrogen (secondary N) is 3. The number of amides is 1. The van der Waals surface area contributed by atoms with E-state index in [9.17, 15) is 61.1 Å². The number of alkyl halides is 9. The van der Waals surface area contributed by atoms with Gasteiger partial charge >= 0.3 is 24.5 Å². The number of carbonyl (C=O) groups excluding carboxylic acids is 1. The Balaban J connectivity index is 0.000000815. The molecule has 3 aromatic carbocycles. The summed E-state index contributed by atoms with van der Waals surface area (Å²) < 4.78 is 168. The van der Waals surface area contributed by atoms with Gasteiger partial charge in [-0.05, 0) is 53.8 Å². The first-order chi connectivity index (χ1) is 24.4. The van der Waals surface area contributed by atoms with Gasteiger partial charge in [0, 0.05) is 0 Å². The Kier molecular flexibility index (Phi) is 11.9. The summed E-state index contributed by atoms with van der Waals surface area (Å²) in [6, 6.07) is 12.2. The van der Waals surface area contributed by atoms with Crippen LogP contribution in [-0.4, -0.2) is 64.5 Å². The number of sulfonamides is 2. The van der Waals surface area contributed by atoms with Gasteiger partial charge in [0.25, 0.3) is 0 Å². The molecular weight excluding hydrogens is 775 g/mol. The molecule has 2 aliphatic rings. The van der Waals surface area contributed by atoms with E-state index in [4.69, 9.17) is 9.90 Å². The largest absolute Gasteiger partial charge is 0.490 e. The second-order valence-corrected chi connectivity index (χ2v) is 15.2. The third-order valence-electron chi connectivity index (χ3n) is 7.76. The molecule has 1 fully saturated rings. The fourth-order valence-electron chi connectivity index (χ4n) is 5.32. The lowest BCUT2D eigenvalue weighted by molar-refractivity contribution is -0.192. The summed E-state index contributed by atoms with van der Waals surface area (Å²) in [5.74, 6) is -3.36. The van der Waals surface area contributed by atoms with E-state index in [1.807, 2.05) is 4.72 Å². The van der Waals surface area contributed by atoms with Crippen molar-refractivity contribution < 1.29 is 71.0 Å². The lowest BCUT2D eigenvalue weighted by Gasteiger charge is -2.22. The molecule has 53 heavy (non-hydrogen) atoms. The van der Waals surface area contributed by atoms with Crippen LogP contribution in [0.25, 0.3) is 0 Å². The van der Waals surface area contributed by atoms with Gasteiger partial charge in [-0.15, -0.1) is 0 Å². The second-order valence-electron chi connectivity index (χ2n) is 11.6. The molecule has 0 aromatic heterocycles. The Labute approximate surface area is 295 Å². The van der Waals surface area contributed by atoms with Crippen molar-refractivity contribution in [3.8, 4) is 0 Å². The van der Waals surface area contributed by atoms with Crippen LogP contribution < -0.4 is 14.8 Å². The molecule has 2 aliphatic heterocycles. The van der Waals surface area contributed by atoms with Gasteiger partial charge in [0.2, 0.25) is 26.0 Å². The number of carboxylic acids is 1. The summed E-state index contributed by atoms with van der Waals surface area (Å²) >= 11 is 0. The molecule has 5 rings (SSSR count). The third kappa shape index (κ3) is 10.7. The minimum absolute atomic E-state index is 0.00419. The third-order valence-corrected chi connectivity index (χ3v) is 10.9.